The number of hydrogen-bond donors (Lipinski definition) is 4. The molecule has 0 saturated heterocycles. The lowest BCUT2D eigenvalue weighted by Gasteiger charge is -2.36. The maximum absolute atomic E-state index is 12.5. The van der Waals surface area contributed by atoms with Crippen LogP contribution in [-0.2, 0) is 19.1 Å². The summed E-state index contributed by atoms with van der Waals surface area (Å²) >= 11 is 0. The van der Waals surface area contributed by atoms with Crippen LogP contribution >= 0.6 is 0 Å². The highest BCUT2D eigenvalue weighted by molar-refractivity contribution is 5.88. The molecule has 0 fully saturated rings. The summed E-state index contributed by atoms with van der Waals surface area (Å²) in [6.07, 6.45) is -0.0370. The molecule has 124 valence electrons. The van der Waals surface area contributed by atoms with Gasteiger partial charge in [-0.15, -0.1) is 0 Å². The monoisotopic (exact) mass is 314 g/mol. The predicted octanol–water partition coefficient (Wildman–Crippen LogP) is -1.44. The van der Waals surface area contributed by atoms with Crippen molar-refractivity contribution in [2.45, 2.75) is 39.0 Å². The van der Waals surface area contributed by atoms with Gasteiger partial charge in [0.1, 0.15) is 0 Å². The van der Waals surface area contributed by atoms with E-state index in [9.17, 15) is 14.4 Å². The van der Waals surface area contributed by atoms with Gasteiger partial charge in [-0.1, -0.05) is 6.92 Å². The largest absolute Gasteiger partial charge is 0.475 e. The first-order chi connectivity index (χ1) is 10.3. The second kappa shape index (κ2) is 7.76. The standard InChI is InChI=1S/C13H22N4O5/c1-4-15-17(5-2)12(19)11-10(16-7(3)18)8(14)6-9(22-11)13(20)21/h6,8,10-11,15H,4-5,14H2,1-3H3,(H,16,18)(H,20,21)/t8-,10+,11+/m0/s1. The van der Waals surface area contributed by atoms with E-state index < -0.39 is 35.8 Å². The number of aliphatic carboxylic acids is 1. The van der Waals surface area contributed by atoms with Crippen molar-refractivity contribution in [3.63, 3.8) is 0 Å². The molecule has 22 heavy (non-hydrogen) atoms. The molecule has 0 bridgehead atoms. The molecule has 0 saturated carbocycles. The molecule has 1 aliphatic rings. The Morgan fingerprint density at radius 3 is 2.50 bits per heavy atom. The summed E-state index contributed by atoms with van der Waals surface area (Å²) in [5.41, 5.74) is 8.72. The van der Waals surface area contributed by atoms with Gasteiger partial charge in [-0.25, -0.2) is 10.2 Å². The van der Waals surface area contributed by atoms with Crippen LogP contribution in [0.1, 0.15) is 20.8 Å². The molecule has 2 amide bonds. The van der Waals surface area contributed by atoms with Gasteiger partial charge in [0.05, 0.1) is 12.1 Å². The molecule has 0 aliphatic carbocycles. The van der Waals surface area contributed by atoms with Crippen molar-refractivity contribution in [2.75, 3.05) is 13.1 Å². The summed E-state index contributed by atoms with van der Waals surface area (Å²) in [6, 6.07) is -1.70. The lowest BCUT2D eigenvalue weighted by atomic mass is 9.98. The molecule has 5 N–H and O–H groups in total. The van der Waals surface area contributed by atoms with E-state index in [2.05, 4.69) is 10.7 Å². The van der Waals surface area contributed by atoms with Crippen LogP contribution in [-0.4, -0.2) is 59.2 Å². The van der Waals surface area contributed by atoms with E-state index >= 15 is 0 Å². The molecular formula is C13H22N4O5. The summed E-state index contributed by atoms with van der Waals surface area (Å²) in [7, 11) is 0. The van der Waals surface area contributed by atoms with Gasteiger partial charge in [0.2, 0.25) is 17.8 Å². The molecule has 3 atom stereocenters. The zero-order chi connectivity index (χ0) is 16.9. The Bertz CT molecular complexity index is 479. The minimum Gasteiger partial charge on any atom is -0.475 e. The topological polar surface area (TPSA) is 134 Å². The van der Waals surface area contributed by atoms with Crippen LogP contribution in [0.15, 0.2) is 11.8 Å². The molecule has 0 radical (unpaired) electrons. The maximum Gasteiger partial charge on any atom is 0.370 e. The van der Waals surface area contributed by atoms with Crippen LogP contribution in [0.2, 0.25) is 0 Å². The van der Waals surface area contributed by atoms with Crippen molar-refractivity contribution < 1.29 is 24.2 Å². The second-order valence-electron chi connectivity index (χ2n) is 4.77. The SMILES string of the molecule is CCNN(CC)C(=O)[C@@H]1OC(C(=O)O)=C[C@H](N)[C@H]1NC(C)=O. The Labute approximate surface area is 128 Å². The van der Waals surface area contributed by atoms with Gasteiger partial charge in [0.25, 0.3) is 5.91 Å². The Morgan fingerprint density at radius 1 is 1.41 bits per heavy atom. The number of carbonyl (C=O) groups excluding carboxylic acids is 2. The number of carboxylic acid groups (broad SMARTS) is 1. The van der Waals surface area contributed by atoms with Crippen molar-refractivity contribution in [1.82, 2.24) is 15.8 Å². The van der Waals surface area contributed by atoms with Crippen molar-refractivity contribution in [2.24, 2.45) is 5.73 Å². The number of likely N-dealkylation sites (N-methyl/N-ethyl adjacent to an activating group) is 1. The van der Waals surface area contributed by atoms with E-state index in [-0.39, 0.29) is 5.91 Å². The molecule has 0 spiro atoms. The lowest BCUT2D eigenvalue weighted by Crippen LogP contribution is -2.62. The first-order valence-electron chi connectivity index (χ1n) is 7.01. The van der Waals surface area contributed by atoms with Crippen molar-refractivity contribution in [3.8, 4) is 0 Å². The third-order valence-corrected chi connectivity index (χ3v) is 3.09. The molecule has 1 heterocycles. The molecular weight excluding hydrogens is 292 g/mol. The minimum atomic E-state index is -1.32. The van der Waals surface area contributed by atoms with Crippen molar-refractivity contribution in [3.05, 3.63) is 11.8 Å². The first-order valence-corrected chi connectivity index (χ1v) is 7.01. The quantitative estimate of drug-likeness (QED) is 0.441. The van der Waals surface area contributed by atoms with Gasteiger partial charge < -0.3 is 20.9 Å². The first kappa shape index (κ1) is 17.9. The smallest absolute Gasteiger partial charge is 0.370 e. The van der Waals surface area contributed by atoms with E-state index in [0.29, 0.717) is 13.1 Å². The number of amides is 2. The average molecular weight is 314 g/mol. The molecule has 0 unspecified atom stereocenters. The van der Waals surface area contributed by atoms with Gasteiger partial charge in [-0.05, 0) is 13.0 Å². The molecule has 9 heteroatoms. The number of nitrogens with zero attached hydrogens (tertiary/aromatic N) is 1. The summed E-state index contributed by atoms with van der Waals surface area (Å²) in [5.74, 6) is -2.60. The van der Waals surface area contributed by atoms with Gasteiger partial charge in [0.15, 0.2) is 0 Å². The van der Waals surface area contributed by atoms with Crippen LogP contribution < -0.4 is 16.5 Å². The fraction of sp³-hybridized carbons (Fsp3) is 0.615. The number of carbonyl (C=O) groups is 3. The lowest BCUT2D eigenvalue weighted by molar-refractivity contribution is -0.151. The Balaban J connectivity index is 3.08. The molecule has 0 aromatic heterocycles. The third-order valence-electron chi connectivity index (χ3n) is 3.09. The van der Waals surface area contributed by atoms with Crippen LogP contribution in [0.25, 0.3) is 0 Å². The zero-order valence-electron chi connectivity index (χ0n) is 12.8. The van der Waals surface area contributed by atoms with Crippen LogP contribution in [0.5, 0.6) is 0 Å². The van der Waals surface area contributed by atoms with E-state index in [1.807, 2.05) is 6.92 Å². The Morgan fingerprint density at radius 2 is 2.05 bits per heavy atom. The van der Waals surface area contributed by atoms with Gasteiger partial charge >= 0.3 is 5.97 Å². The Hall–Kier alpha value is -2.13. The zero-order valence-corrected chi connectivity index (χ0v) is 12.8. The highest BCUT2D eigenvalue weighted by Gasteiger charge is 2.41. The number of hydrogen-bond acceptors (Lipinski definition) is 6. The normalized spacial score (nSPS) is 24.0. The molecule has 1 aliphatic heterocycles. The van der Waals surface area contributed by atoms with Crippen molar-refractivity contribution in [1.29, 1.82) is 0 Å². The Kier molecular flexibility index (Phi) is 6.32. The van der Waals surface area contributed by atoms with E-state index in [4.69, 9.17) is 15.6 Å². The maximum atomic E-state index is 12.5. The fourth-order valence-corrected chi connectivity index (χ4v) is 2.15. The highest BCUT2D eigenvalue weighted by atomic mass is 16.5. The summed E-state index contributed by atoms with van der Waals surface area (Å²) < 4.78 is 5.26. The van der Waals surface area contributed by atoms with Gasteiger partial charge in [-0.3, -0.25) is 14.6 Å². The molecule has 0 aromatic rings. The molecule has 9 nitrogen and oxygen atoms in total. The van der Waals surface area contributed by atoms with E-state index in [1.165, 1.54) is 18.0 Å². The number of ether oxygens (including phenoxy) is 1. The number of nitrogens with one attached hydrogen (secondary N) is 2. The van der Waals surface area contributed by atoms with Crippen LogP contribution in [0, 0.1) is 0 Å². The van der Waals surface area contributed by atoms with E-state index in [0.717, 1.165) is 0 Å². The predicted molar refractivity (Wildman–Crippen MR) is 77.2 cm³/mol. The molecule has 1 rings (SSSR count). The summed E-state index contributed by atoms with van der Waals surface area (Å²) in [6.45, 7) is 5.71. The second-order valence-corrected chi connectivity index (χ2v) is 4.77. The summed E-state index contributed by atoms with van der Waals surface area (Å²) in [4.78, 5) is 34.9. The fourth-order valence-electron chi connectivity index (χ4n) is 2.15. The van der Waals surface area contributed by atoms with Gasteiger partial charge in [0, 0.05) is 20.0 Å². The minimum absolute atomic E-state index is 0.348. The number of carboxylic acids is 1. The van der Waals surface area contributed by atoms with Crippen LogP contribution in [0.3, 0.4) is 0 Å². The van der Waals surface area contributed by atoms with Crippen LogP contribution in [0.4, 0.5) is 0 Å². The van der Waals surface area contributed by atoms with Crippen molar-refractivity contribution >= 4 is 17.8 Å². The highest BCUT2D eigenvalue weighted by Crippen LogP contribution is 2.19. The van der Waals surface area contributed by atoms with E-state index in [1.54, 1.807) is 6.92 Å². The molecule has 0 aromatic carbocycles. The van der Waals surface area contributed by atoms with Gasteiger partial charge in [-0.2, -0.15) is 0 Å². The third kappa shape index (κ3) is 4.18. The number of nitrogens with two attached hydrogens (primary N) is 1. The average Bonchev–Trinajstić information content (AvgIpc) is 2.45. The number of rotatable bonds is 6. The summed E-state index contributed by atoms with van der Waals surface area (Å²) in [5, 5.41) is 12.9. The number of hydrazine groups is 1.